The Labute approximate surface area is 156 Å². The van der Waals surface area contributed by atoms with Crippen LogP contribution >= 0.6 is 23.4 Å². The van der Waals surface area contributed by atoms with Gasteiger partial charge in [-0.25, -0.2) is 0 Å². The lowest BCUT2D eigenvalue weighted by Crippen LogP contribution is -2.15. The summed E-state index contributed by atoms with van der Waals surface area (Å²) < 4.78 is 2.03. The van der Waals surface area contributed by atoms with Crippen LogP contribution in [-0.4, -0.2) is 25.8 Å². The van der Waals surface area contributed by atoms with Crippen LogP contribution in [0.5, 0.6) is 0 Å². The molecule has 3 aromatic rings. The molecule has 0 saturated heterocycles. The molecule has 0 fully saturated rings. The SMILES string of the molecule is Cc1nnc(S[C@@H](C)C(=O)c2cccc(Cl)c2)n1Cc1ccccc1. The Balaban J connectivity index is 1.78. The molecular formula is C19H18ClN3OS. The van der Waals surface area contributed by atoms with E-state index in [-0.39, 0.29) is 11.0 Å². The van der Waals surface area contributed by atoms with Crippen molar-refractivity contribution in [1.29, 1.82) is 0 Å². The zero-order chi connectivity index (χ0) is 17.8. The van der Waals surface area contributed by atoms with Gasteiger partial charge in [-0.2, -0.15) is 0 Å². The van der Waals surface area contributed by atoms with Crippen LogP contribution in [0.25, 0.3) is 0 Å². The molecule has 0 aliphatic carbocycles. The highest BCUT2D eigenvalue weighted by molar-refractivity contribution is 8.00. The maximum atomic E-state index is 12.6. The third-order valence-corrected chi connectivity index (χ3v) is 5.16. The van der Waals surface area contributed by atoms with Gasteiger partial charge in [0.05, 0.1) is 11.8 Å². The maximum absolute atomic E-state index is 12.6. The molecule has 1 heterocycles. The highest BCUT2D eigenvalue weighted by atomic mass is 35.5. The van der Waals surface area contributed by atoms with Gasteiger partial charge in [-0.1, -0.05) is 65.8 Å². The molecule has 0 bridgehead atoms. The molecule has 0 spiro atoms. The number of hydrogen-bond acceptors (Lipinski definition) is 4. The Morgan fingerprint density at radius 1 is 1.16 bits per heavy atom. The molecule has 4 nitrogen and oxygen atoms in total. The lowest BCUT2D eigenvalue weighted by Gasteiger charge is -2.12. The molecule has 0 radical (unpaired) electrons. The Bertz CT molecular complexity index is 879. The fraction of sp³-hybridized carbons (Fsp3) is 0.211. The Kier molecular flexibility index (Phi) is 5.56. The molecule has 3 rings (SSSR count). The summed E-state index contributed by atoms with van der Waals surface area (Å²) in [5.74, 6) is 0.855. The summed E-state index contributed by atoms with van der Waals surface area (Å²) >= 11 is 7.40. The minimum atomic E-state index is -0.281. The zero-order valence-electron chi connectivity index (χ0n) is 14.0. The molecule has 0 N–H and O–H groups in total. The van der Waals surface area contributed by atoms with Crippen molar-refractivity contribution >= 4 is 29.1 Å². The number of benzene rings is 2. The molecule has 1 aromatic heterocycles. The molecule has 1 atom stereocenters. The van der Waals surface area contributed by atoms with Crippen LogP contribution in [0, 0.1) is 6.92 Å². The summed E-state index contributed by atoms with van der Waals surface area (Å²) in [7, 11) is 0. The van der Waals surface area contributed by atoms with Crippen LogP contribution in [0.2, 0.25) is 5.02 Å². The normalized spacial score (nSPS) is 12.1. The largest absolute Gasteiger partial charge is 0.302 e. The van der Waals surface area contributed by atoms with Gasteiger partial charge in [0, 0.05) is 10.6 Å². The van der Waals surface area contributed by atoms with Crippen molar-refractivity contribution in [3.05, 3.63) is 76.6 Å². The lowest BCUT2D eigenvalue weighted by atomic mass is 10.1. The number of carbonyl (C=O) groups excluding carboxylic acids is 1. The van der Waals surface area contributed by atoms with Gasteiger partial charge in [0.25, 0.3) is 0 Å². The molecule has 0 unspecified atom stereocenters. The number of ketones is 1. The van der Waals surface area contributed by atoms with Crippen molar-refractivity contribution in [3.63, 3.8) is 0 Å². The maximum Gasteiger partial charge on any atom is 0.192 e. The number of rotatable bonds is 6. The van der Waals surface area contributed by atoms with Crippen LogP contribution in [0.4, 0.5) is 0 Å². The number of nitrogens with zero attached hydrogens (tertiary/aromatic N) is 3. The van der Waals surface area contributed by atoms with Crippen LogP contribution in [0.1, 0.15) is 28.7 Å². The van der Waals surface area contributed by atoms with E-state index >= 15 is 0 Å². The van der Waals surface area contributed by atoms with Crippen molar-refractivity contribution in [3.8, 4) is 0 Å². The summed E-state index contributed by atoms with van der Waals surface area (Å²) in [6.45, 7) is 4.48. The molecule has 128 valence electrons. The molecule has 0 aliphatic rings. The van der Waals surface area contributed by atoms with Crippen molar-refractivity contribution in [1.82, 2.24) is 14.8 Å². The first kappa shape index (κ1) is 17.7. The second-order valence-electron chi connectivity index (χ2n) is 5.74. The fourth-order valence-corrected chi connectivity index (χ4v) is 3.65. The predicted octanol–water partition coefficient (Wildman–Crippen LogP) is 4.65. The fourth-order valence-electron chi connectivity index (χ4n) is 2.48. The van der Waals surface area contributed by atoms with Crippen molar-refractivity contribution < 1.29 is 4.79 Å². The number of hydrogen-bond donors (Lipinski definition) is 0. The zero-order valence-corrected chi connectivity index (χ0v) is 15.6. The number of aromatic nitrogens is 3. The second-order valence-corrected chi connectivity index (χ2v) is 7.48. The topological polar surface area (TPSA) is 47.8 Å². The van der Waals surface area contributed by atoms with E-state index in [1.807, 2.05) is 36.6 Å². The number of thioether (sulfide) groups is 1. The number of halogens is 1. The number of Topliss-reactive ketones (excluding diaryl/α,β-unsaturated/α-hetero) is 1. The first-order valence-electron chi connectivity index (χ1n) is 7.95. The quantitative estimate of drug-likeness (QED) is 0.467. The van der Waals surface area contributed by atoms with Gasteiger partial charge in [-0.15, -0.1) is 10.2 Å². The standard InChI is InChI=1S/C19H18ClN3OS/c1-13(18(24)16-9-6-10-17(20)11-16)25-19-22-21-14(2)23(19)12-15-7-4-3-5-8-15/h3-11,13H,12H2,1-2H3/t13-/m0/s1. The summed E-state index contributed by atoms with van der Waals surface area (Å²) in [6, 6.07) is 17.2. The van der Waals surface area contributed by atoms with Gasteiger partial charge >= 0.3 is 0 Å². The van der Waals surface area contributed by atoms with E-state index in [1.165, 1.54) is 17.3 Å². The molecule has 0 aliphatic heterocycles. The average molecular weight is 372 g/mol. The second kappa shape index (κ2) is 7.85. The number of carbonyl (C=O) groups is 1. The van der Waals surface area contributed by atoms with Crippen molar-refractivity contribution in [2.24, 2.45) is 0 Å². The van der Waals surface area contributed by atoms with E-state index in [4.69, 9.17) is 11.6 Å². The van der Waals surface area contributed by atoms with Gasteiger partial charge in [0.15, 0.2) is 10.9 Å². The van der Waals surface area contributed by atoms with Crippen molar-refractivity contribution in [2.75, 3.05) is 0 Å². The first-order valence-corrected chi connectivity index (χ1v) is 9.20. The third-order valence-electron chi connectivity index (χ3n) is 3.85. The molecule has 0 saturated carbocycles. The van der Waals surface area contributed by atoms with E-state index in [0.717, 1.165) is 11.0 Å². The van der Waals surface area contributed by atoms with Crippen LogP contribution < -0.4 is 0 Å². The monoisotopic (exact) mass is 371 g/mol. The van der Waals surface area contributed by atoms with Crippen molar-refractivity contribution in [2.45, 2.75) is 30.8 Å². The summed E-state index contributed by atoms with van der Waals surface area (Å²) in [4.78, 5) is 12.6. The Morgan fingerprint density at radius 3 is 2.64 bits per heavy atom. The summed E-state index contributed by atoms with van der Waals surface area (Å²) in [5.41, 5.74) is 1.78. The predicted molar refractivity (Wildman–Crippen MR) is 101 cm³/mol. The van der Waals surface area contributed by atoms with Gasteiger partial charge in [-0.05, 0) is 31.5 Å². The minimum Gasteiger partial charge on any atom is -0.302 e. The van der Waals surface area contributed by atoms with Crippen LogP contribution in [0.3, 0.4) is 0 Å². The summed E-state index contributed by atoms with van der Waals surface area (Å²) in [6.07, 6.45) is 0. The van der Waals surface area contributed by atoms with Crippen LogP contribution in [-0.2, 0) is 6.54 Å². The molecular weight excluding hydrogens is 354 g/mol. The number of aryl methyl sites for hydroxylation is 1. The molecule has 2 aromatic carbocycles. The van der Waals surface area contributed by atoms with Gasteiger partial charge in [-0.3, -0.25) is 4.79 Å². The first-order chi connectivity index (χ1) is 12.0. The smallest absolute Gasteiger partial charge is 0.192 e. The highest BCUT2D eigenvalue weighted by Crippen LogP contribution is 2.26. The average Bonchev–Trinajstić information content (AvgIpc) is 2.95. The van der Waals surface area contributed by atoms with Gasteiger partial charge in [0.2, 0.25) is 0 Å². The van der Waals surface area contributed by atoms with Crippen LogP contribution in [0.15, 0.2) is 59.8 Å². The van der Waals surface area contributed by atoms with Gasteiger partial charge < -0.3 is 4.57 Å². The summed E-state index contributed by atoms with van der Waals surface area (Å²) in [5, 5.41) is 9.44. The molecule has 6 heteroatoms. The lowest BCUT2D eigenvalue weighted by molar-refractivity contribution is 0.0994. The minimum absolute atomic E-state index is 0.0272. The van der Waals surface area contributed by atoms with Gasteiger partial charge in [0.1, 0.15) is 5.82 Å². The van der Waals surface area contributed by atoms with E-state index in [0.29, 0.717) is 17.1 Å². The Hall–Kier alpha value is -2.11. The van der Waals surface area contributed by atoms with E-state index in [9.17, 15) is 4.79 Å². The van der Waals surface area contributed by atoms with E-state index < -0.39 is 0 Å². The Morgan fingerprint density at radius 2 is 1.92 bits per heavy atom. The third kappa shape index (κ3) is 4.30. The van der Waals surface area contributed by atoms with E-state index in [2.05, 4.69) is 22.3 Å². The highest BCUT2D eigenvalue weighted by Gasteiger charge is 2.20. The molecule has 25 heavy (non-hydrogen) atoms. The molecule has 0 amide bonds. The van der Waals surface area contributed by atoms with E-state index in [1.54, 1.807) is 24.3 Å².